The first-order valence-corrected chi connectivity index (χ1v) is 6.35. The van der Waals surface area contributed by atoms with Gasteiger partial charge in [0, 0.05) is 0 Å². The highest BCUT2D eigenvalue weighted by atomic mass is 16.5. The van der Waals surface area contributed by atoms with Gasteiger partial charge in [-0.1, -0.05) is 30.4 Å². The lowest BCUT2D eigenvalue weighted by molar-refractivity contribution is 0.417. The molecule has 0 atom stereocenters. The third-order valence-corrected chi connectivity index (χ3v) is 2.82. The summed E-state index contributed by atoms with van der Waals surface area (Å²) in [5.74, 6) is 1.44. The molecule has 2 heteroatoms. The fourth-order valence-electron chi connectivity index (χ4n) is 1.91. The van der Waals surface area contributed by atoms with Gasteiger partial charge in [0.1, 0.15) is 0 Å². The van der Waals surface area contributed by atoms with Crippen molar-refractivity contribution < 1.29 is 9.47 Å². The van der Waals surface area contributed by atoms with E-state index < -0.39 is 0 Å². The number of fused-ring (bicyclic) bond motifs is 1. The Bertz CT molecular complexity index is 624. The van der Waals surface area contributed by atoms with E-state index in [9.17, 15) is 0 Å². The molecule has 2 nitrogen and oxygen atoms in total. The maximum absolute atomic E-state index is 5.61. The molecule has 0 aliphatic heterocycles. The van der Waals surface area contributed by atoms with Crippen molar-refractivity contribution in [2.45, 2.75) is 20.8 Å². The van der Waals surface area contributed by atoms with Crippen molar-refractivity contribution in [3.63, 3.8) is 0 Å². The van der Waals surface area contributed by atoms with E-state index in [-0.39, 0.29) is 0 Å². The molecule has 19 heavy (non-hydrogen) atoms. The van der Waals surface area contributed by atoms with Crippen LogP contribution in [0.15, 0.2) is 55.0 Å². The van der Waals surface area contributed by atoms with E-state index in [4.69, 9.17) is 9.47 Å². The van der Waals surface area contributed by atoms with Gasteiger partial charge in [0.15, 0.2) is 11.5 Å². The molecular formula is C17H18O2. The molecule has 0 unspecified atom stereocenters. The topological polar surface area (TPSA) is 18.5 Å². The zero-order valence-electron chi connectivity index (χ0n) is 11.5. The predicted molar refractivity (Wildman–Crippen MR) is 79.6 cm³/mol. The monoisotopic (exact) mass is 254 g/mol. The van der Waals surface area contributed by atoms with E-state index in [1.165, 1.54) is 10.9 Å². The second kappa shape index (κ2) is 6.10. The number of rotatable bonds is 4. The molecule has 2 aromatic carbocycles. The largest absolute Gasteiger partial charge is 0.461 e. The van der Waals surface area contributed by atoms with Crippen molar-refractivity contribution in [3.8, 4) is 11.5 Å². The fraction of sp³-hybridized carbons (Fsp3) is 0.176. The summed E-state index contributed by atoms with van der Waals surface area (Å²) in [5, 5.41) is 2.32. The molecule has 2 rings (SSSR count). The number of aryl methyl sites for hydroxylation is 1. The Balaban J connectivity index is 2.55. The second-order valence-electron chi connectivity index (χ2n) is 4.27. The fourth-order valence-corrected chi connectivity index (χ4v) is 1.91. The molecule has 0 fully saturated rings. The van der Waals surface area contributed by atoms with E-state index in [1.54, 1.807) is 12.5 Å². The first-order chi connectivity index (χ1) is 9.26. The van der Waals surface area contributed by atoms with Gasteiger partial charge in [-0.25, -0.2) is 0 Å². The Morgan fingerprint density at radius 2 is 1.53 bits per heavy atom. The maximum atomic E-state index is 5.61. The molecule has 0 saturated heterocycles. The summed E-state index contributed by atoms with van der Waals surface area (Å²) in [7, 11) is 0. The lowest BCUT2D eigenvalue weighted by atomic mass is 10.0. The number of hydrogen-bond donors (Lipinski definition) is 0. The van der Waals surface area contributed by atoms with Crippen molar-refractivity contribution in [1.82, 2.24) is 0 Å². The first-order valence-electron chi connectivity index (χ1n) is 6.35. The van der Waals surface area contributed by atoms with Crippen molar-refractivity contribution in [3.05, 3.63) is 60.6 Å². The summed E-state index contributed by atoms with van der Waals surface area (Å²) in [5.41, 5.74) is 1.22. The number of allylic oxidation sites excluding steroid dienone is 2. The minimum atomic E-state index is 0.717. The van der Waals surface area contributed by atoms with Crippen LogP contribution >= 0.6 is 0 Å². The number of benzene rings is 2. The van der Waals surface area contributed by atoms with E-state index in [0.29, 0.717) is 5.75 Å². The Kier molecular flexibility index (Phi) is 4.24. The van der Waals surface area contributed by atoms with Crippen molar-refractivity contribution in [1.29, 1.82) is 0 Å². The summed E-state index contributed by atoms with van der Waals surface area (Å²) in [6, 6.07) is 10.2. The molecule has 0 aliphatic rings. The van der Waals surface area contributed by atoms with Crippen LogP contribution in [0.25, 0.3) is 10.8 Å². The predicted octanol–water partition coefficient (Wildman–Crippen LogP) is 4.97. The standard InChI is InChI=1S/C17H18O2/c1-4-9-18-16-11-14-8-6-7-13(3)15(14)12-17(16)19-10-5-2/h4-12H,1-3H3. The minimum absolute atomic E-state index is 0.717. The van der Waals surface area contributed by atoms with Gasteiger partial charge >= 0.3 is 0 Å². The summed E-state index contributed by atoms with van der Waals surface area (Å²) in [6.45, 7) is 5.92. The summed E-state index contributed by atoms with van der Waals surface area (Å²) >= 11 is 0. The minimum Gasteiger partial charge on any atom is -0.461 e. The molecule has 2 aromatic rings. The van der Waals surface area contributed by atoms with Crippen LogP contribution in [0.4, 0.5) is 0 Å². The summed E-state index contributed by atoms with van der Waals surface area (Å²) in [6.07, 6.45) is 7.00. The highest BCUT2D eigenvalue weighted by Crippen LogP contribution is 2.34. The van der Waals surface area contributed by atoms with Crippen LogP contribution in [0, 0.1) is 6.92 Å². The van der Waals surface area contributed by atoms with Crippen LogP contribution in [-0.2, 0) is 0 Å². The zero-order chi connectivity index (χ0) is 13.7. The Labute approximate surface area is 114 Å². The molecule has 0 saturated carbocycles. The maximum Gasteiger partial charge on any atom is 0.169 e. The highest BCUT2D eigenvalue weighted by molar-refractivity contribution is 5.88. The Morgan fingerprint density at radius 1 is 0.895 bits per heavy atom. The van der Waals surface area contributed by atoms with Crippen LogP contribution in [0.1, 0.15) is 19.4 Å². The smallest absolute Gasteiger partial charge is 0.169 e. The third kappa shape index (κ3) is 2.97. The van der Waals surface area contributed by atoms with E-state index in [2.05, 4.69) is 19.1 Å². The van der Waals surface area contributed by atoms with Crippen molar-refractivity contribution in [2.75, 3.05) is 0 Å². The Morgan fingerprint density at radius 3 is 2.16 bits per heavy atom. The molecule has 0 heterocycles. The molecule has 98 valence electrons. The zero-order valence-corrected chi connectivity index (χ0v) is 11.5. The van der Waals surface area contributed by atoms with Gasteiger partial charge in [0.2, 0.25) is 0 Å². The Hall–Kier alpha value is -2.22. The van der Waals surface area contributed by atoms with Crippen LogP contribution in [-0.4, -0.2) is 0 Å². The van der Waals surface area contributed by atoms with Gasteiger partial charge in [0.05, 0.1) is 12.5 Å². The van der Waals surface area contributed by atoms with Gasteiger partial charge in [-0.3, -0.25) is 0 Å². The number of hydrogen-bond acceptors (Lipinski definition) is 2. The molecule has 0 radical (unpaired) electrons. The SMILES string of the molecule is CC=COc1cc2cccc(C)c2cc1OC=CC. The molecule has 0 amide bonds. The average molecular weight is 254 g/mol. The molecule has 0 spiro atoms. The van der Waals surface area contributed by atoms with Gasteiger partial charge < -0.3 is 9.47 Å². The van der Waals surface area contributed by atoms with Crippen LogP contribution in [0.3, 0.4) is 0 Å². The van der Waals surface area contributed by atoms with Gasteiger partial charge in [-0.05, 0) is 49.2 Å². The molecule has 0 aliphatic carbocycles. The second-order valence-corrected chi connectivity index (χ2v) is 4.27. The van der Waals surface area contributed by atoms with Gasteiger partial charge in [-0.2, -0.15) is 0 Å². The van der Waals surface area contributed by atoms with Gasteiger partial charge in [0.25, 0.3) is 0 Å². The summed E-state index contributed by atoms with van der Waals surface area (Å²) in [4.78, 5) is 0. The van der Waals surface area contributed by atoms with Crippen LogP contribution in [0.2, 0.25) is 0 Å². The molecular weight excluding hydrogens is 236 g/mol. The van der Waals surface area contributed by atoms with Crippen molar-refractivity contribution >= 4 is 10.8 Å². The van der Waals surface area contributed by atoms with Gasteiger partial charge in [-0.15, -0.1) is 0 Å². The summed E-state index contributed by atoms with van der Waals surface area (Å²) < 4.78 is 11.2. The normalized spacial score (nSPS) is 11.5. The molecule has 0 bridgehead atoms. The van der Waals surface area contributed by atoms with E-state index in [1.807, 2.05) is 44.2 Å². The lowest BCUT2D eigenvalue weighted by Crippen LogP contribution is -1.90. The van der Waals surface area contributed by atoms with Crippen LogP contribution in [0.5, 0.6) is 11.5 Å². The number of ether oxygens (including phenoxy) is 2. The molecule has 0 N–H and O–H groups in total. The average Bonchev–Trinajstić information content (AvgIpc) is 2.43. The van der Waals surface area contributed by atoms with Crippen LogP contribution < -0.4 is 9.47 Å². The third-order valence-electron chi connectivity index (χ3n) is 2.82. The van der Waals surface area contributed by atoms with Crippen molar-refractivity contribution in [2.24, 2.45) is 0 Å². The van der Waals surface area contributed by atoms with E-state index >= 15 is 0 Å². The quantitative estimate of drug-likeness (QED) is 0.717. The lowest BCUT2D eigenvalue weighted by Gasteiger charge is -2.10. The van der Waals surface area contributed by atoms with E-state index in [0.717, 1.165) is 11.1 Å². The molecule has 0 aromatic heterocycles. The highest BCUT2D eigenvalue weighted by Gasteiger charge is 2.07. The first kappa shape index (κ1) is 13.2.